The van der Waals surface area contributed by atoms with Crippen molar-refractivity contribution in [3.05, 3.63) is 29.0 Å². The lowest BCUT2D eigenvalue weighted by molar-refractivity contribution is -0.131. The van der Waals surface area contributed by atoms with Crippen LogP contribution in [0.5, 0.6) is 0 Å². The molecule has 1 aliphatic rings. The van der Waals surface area contributed by atoms with Crippen molar-refractivity contribution in [2.45, 2.75) is 39.3 Å². The van der Waals surface area contributed by atoms with E-state index in [2.05, 4.69) is 37.7 Å². The molecule has 0 aromatic carbocycles. The summed E-state index contributed by atoms with van der Waals surface area (Å²) in [5, 5.41) is 0.746. The number of pyridine rings is 1. The van der Waals surface area contributed by atoms with E-state index < -0.39 is 0 Å². The summed E-state index contributed by atoms with van der Waals surface area (Å²) in [5.74, 6) is 0.650. The largest absolute Gasteiger partial charge is 0.338 e. The van der Waals surface area contributed by atoms with Crippen LogP contribution >= 0.6 is 11.6 Å². The number of halogens is 1. The summed E-state index contributed by atoms with van der Waals surface area (Å²) in [7, 11) is 2.06. The van der Waals surface area contributed by atoms with Crippen LogP contribution in [0.15, 0.2) is 18.5 Å². The van der Waals surface area contributed by atoms with Crippen LogP contribution in [0.4, 0.5) is 0 Å². The third-order valence-electron chi connectivity index (χ3n) is 3.87. The molecule has 116 valence electrons. The van der Waals surface area contributed by atoms with Gasteiger partial charge in [0.05, 0.1) is 0 Å². The SMILES string of the molecule is CN(Cc1cnccc1Cl)C[C@@H]1CC(=O)N(C(C)(C)C)C1. The normalized spacial score (nSPS) is 19.6. The molecule has 0 spiro atoms. The van der Waals surface area contributed by atoms with Gasteiger partial charge in [-0.1, -0.05) is 11.6 Å². The predicted octanol–water partition coefficient (Wildman–Crippen LogP) is 2.81. The summed E-state index contributed by atoms with van der Waals surface area (Å²) in [6.45, 7) is 8.76. The maximum Gasteiger partial charge on any atom is 0.223 e. The maximum atomic E-state index is 12.1. The molecule has 0 radical (unpaired) electrons. The lowest BCUT2D eigenvalue weighted by Gasteiger charge is -2.32. The first-order valence-electron chi connectivity index (χ1n) is 7.35. The highest BCUT2D eigenvalue weighted by atomic mass is 35.5. The van der Waals surface area contributed by atoms with E-state index in [1.807, 2.05) is 11.0 Å². The predicted molar refractivity (Wildman–Crippen MR) is 85.2 cm³/mol. The lowest BCUT2D eigenvalue weighted by Crippen LogP contribution is -2.42. The Hall–Kier alpha value is -1.13. The van der Waals surface area contributed by atoms with Gasteiger partial charge in [-0.2, -0.15) is 0 Å². The van der Waals surface area contributed by atoms with Crippen molar-refractivity contribution in [3.63, 3.8) is 0 Å². The van der Waals surface area contributed by atoms with Crippen molar-refractivity contribution in [3.8, 4) is 0 Å². The van der Waals surface area contributed by atoms with Crippen molar-refractivity contribution >= 4 is 17.5 Å². The average Bonchev–Trinajstić information content (AvgIpc) is 2.73. The Kier molecular flexibility index (Phi) is 4.89. The number of hydrogen-bond donors (Lipinski definition) is 0. The molecular weight excluding hydrogens is 286 g/mol. The van der Waals surface area contributed by atoms with Crippen LogP contribution in [0.1, 0.15) is 32.8 Å². The van der Waals surface area contributed by atoms with Gasteiger partial charge < -0.3 is 9.80 Å². The Labute approximate surface area is 132 Å². The van der Waals surface area contributed by atoms with Crippen LogP contribution in [-0.2, 0) is 11.3 Å². The highest BCUT2D eigenvalue weighted by Gasteiger charge is 2.36. The monoisotopic (exact) mass is 309 g/mol. The number of hydrogen-bond acceptors (Lipinski definition) is 3. The first-order chi connectivity index (χ1) is 9.77. The Bertz CT molecular complexity index is 512. The molecule has 1 aliphatic heterocycles. The first kappa shape index (κ1) is 16.2. The summed E-state index contributed by atoms with van der Waals surface area (Å²) in [6, 6.07) is 1.81. The van der Waals surface area contributed by atoms with Crippen LogP contribution in [0, 0.1) is 5.92 Å². The van der Waals surface area contributed by atoms with Crippen molar-refractivity contribution in [2.75, 3.05) is 20.1 Å². The Morgan fingerprint density at radius 1 is 1.48 bits per heavy atom. The molecular formula is C16H24ClN3O. The van der Waals surface area contributed by atoms with Gasteiger partial charge in [-0.3, -0.25) is 9.78 Å². The molecule has 0 bridgehead atoms. The second kappa shape index (κ2) is 6.32. The zero-order valence-electron chi connectivity index (χ0n) is 13.3. The Balaban J connectivity index is 1.91. The minimum atomic E-state index is -0.0862. The van der Waals surface area contributed by atoms with Gasteiger partial charge in [0, 0.05) is 54.6 Å². The highest BCUT2D eigenvalue weighted by molar-refractivity contribution is 6.31. The second-order valence-electron chi connectivity index (χ2n) is 6.91. The van der Waals surface area contributed by atoms with Crippen molar-refractivity contribution in [1.82, 2.24) is 14.8 Å². The summed E-state index contributed by atoms with van der Waals surface area (Å²) >= 11 is 6.16. The summed E-state index contributed by atoms with van der Waals surface area (Å²) in [5.41, 5.74) is 0.940. The summed E-state index contributed by atoms with van der Waals surface area (Å²) < 4.78 is 0. The number of nitrogens with zero attached hydrogens (tertiary/aromatic N) is 3. The minimum Gasteiger partial charge on any atom is -0.338 e. The van der Waals surface area contributed by atoms with Gasteiger partial charge in [0.2, 0.25) is 5.91 Å². The summed E-state index contributed by atoms with van der Waals surface area (Å²) in [4.78, 5) is 20.4. The number of likely N-dealkylation sites (tertiary alicyclic amines) is 1. The molecule has 1 aromatic rings. The van der Waals surface area contributed by atoms with E-state index in [-0.39, 0.29) is 11.4 Å². The second-order valence-corrected chi connectivity index (χ2v) is 7.32. The van der Waals surface area contributed by atoms with Crippen LogP contribution in [0.2, 0.25) is 5.02 Å². The van der Waals surface area contributed by atoms with Crippen molar-refractivity contribution in [2.24, 2.45) is 5.92 Å². The summed E-state index contributed by atoms with van der Waals surface area (Å²) in [6.07, 6.45) is 4.14. The van der Waals surface area contributed by atoms with Crippen molar-refractivity contribution in [1.29, 1.82) is 0 Å². The quantitative estimate of drug-likeness (QED) is 0.858. The smallest absolute Gasteiger partial charge is 0.223 e. The number of amides is 1. The third kappa shape index (κ3) is 4.17. The highest BCUT2D eigenvalue weighted by Crippen LogP contribution is 2.26. The van der Waals surface area contributed by atoms with Gasteiger partial charge in [0.15, 0.2) is 0 Å². The van der Waals surface area contributed by atoms with Gasteiger partial charge in [-0.25, -0.2) is 0 Å². The van der Waals surface area contributed by atoms with Gasteiger partial charge in [-0.15, -0.1) is 0 Å². The number of carbonyl (C=O) groups excluding carboxylic acids is 1. The minimum absolute atomic E-state index is 0.0862. The van der Waals surface area contributed by atoms with E-state index in [0.717, 1.165) is 30.2 Å². The molecule has 21 heavy (non-hydrogen) atoms. The topological polar surface area (TPSA) is 36.4 Å². The molecule has 0 aliphatic carbocycles. The zero-order chi connectivity index (χ0) is 15.6. The number of rotatable bonds is 4. The number of aromatic nitrogens is 1. The molecule has 0 unspecified atom stereocenters. The lowest BCUT2D eigenvalue weighted by atomic mass is 10.1. The van der Waals surface area contributed by atoms with Crippen LogP contribution in [0.3, 0.4) is 0 Å². The fraction of sp³-hybridized carbons (Fsp3) is 0.625. The van der Waals surface area contributed by atoms with E-state index >= 15 is 0 Å². The fourth-order valence-corrected chi connectivity index (χ4v) is 3.04. The Morgan fingerprint density at radius 2 is 2.19 bits per heavy atom. The van der Waals surface area contributed by atoms with E-state index in [1.54, 1.807) is 12.4 Å². The van der Waals surface area contributed by atoms with Crippen LogP contribution in [0.25, 0.3) is 0 Å². The molecule has 0 saturated carbocycles. The number of carbonyl (C=O) groups is 1. The van der Waals surface area contributed by atoms with E-state index in [0.29, 0.717) is 12.3 Å². The molecule has 5 heteroatoms. The average molecular weight is 310 g/mol. The molecule has 1 saturated heterocycles. The van der Waals surface area contributed by atoms with E-state index in [9.17, 15) is 4.79 Å². The molecule has 1 amide bonds. The van der Waals surface area contributed by atoms with Gasteiger partial charge >= 0.3 is 0 Å². The van der Waals surface area contributed by atoms with Crippen molar-refractivity contribution < 1.29 is 4.79 Å². The molecule has 2 rings (SSSR count). The molecule has 4 nitrogen and oxygen atoms in total. The van der Waals surface area contributed by atoms with Gasteiger partial charge in [0.25, 0.3) is 0 Å². The van der Waals surface area contributed by atoms with Crippen LogP contribution < -0.4 is 0 Å². The molecule has 1 fully saturated rings. The first-order valence-corrected chi connectivity index (χ1v) is 7.72. The van der Waals surface area contributed by atoms with Gasteiger partial charge in [-0.05, 0) is 39.8 Å². The van der Waals surface area contributed by atoms with Crippen LogP contribution in [-0.4, -0.2) is 46.4 Å². The fourth-order valence-electron chi connectivity index (χ4n) is 2.87. The molecule has 1 aromatic heterocycles. The standard InChI is InChI=1S/C16H24ClN3O/c1-16(2,3)20-10-12(7-15(20)21)9-19(4)11-13-8-18-6-5-14(13)17/h5-6,8,12H,7,9-11H2,1-4H3/t12-/m0/s1. The Morgan fingerprint density at radius 3 is 2.76 bits per heavy atom. The molecule has 1 atom stereocenters. The maximum absolute atomic E-state index is 12.1. The van der Waals surface area contributed by atoms with E-state index in [4.69, 9.17) is 11.6 Å². The zero-order valence-corrected chi connectivity index (χ0v) is 14.0. The van der Waals surface area contributed by atoms with E-state index in [1.165, 1.54) is 0 Å². The molecule has 0 N–H and O–H groups in total. The molecule has 2 heterocycles. The third-order valence-corrected chi connectivity index (χ3v) is 4.24. The van der Waals surface area contributed by atoms with Gasteiger partial charge in [0.1, 0.15) is 0 Å².